The highest BCUT2D eigenvalue weighted by molar-refractivity contribution is 9.10. The van der Waals surface area contributed by atoms with Gasteiger partial charge in [-0.1, -0.05) is 33.6 Å². The van der Waals surface area contributed by atoms with Gasteiger partial charge in [-0.2, -0.15) is 4.39 Å². The summed E-state index contributed by atoms with van der Waals surface area (Å²) >= 11 is 9.04. The van der Waals surface area contributed by atoms with Crippen molar-refractivity contribution in [1.82, 2.24) is 0 Å². The van der Waals surface area contributed by atoms with E-state index in [1.165, 1.54) is 18.2 Å². The zero-order valence-corrected chi connectivity index (χ0v) is 12.7. The molecule has 0 aliphatic rings. The minimum Gasteiger partial charge on any atom is -0.454 e. The molecule has 106 valence electrons. The summed E-state index contributed by atoms with van der Waals surface area (Å²) in [7, 11) is 0. The summed E-state index contributed by atoms with van der Waals surface area (Å²) in [6, 6.07) is 6.84. The highest BCUT2D eigenvalue weighted by Crippen LogP contribution is 2.33. The quantitative estimate of drug-likeness (QED) is 0.757. The largest absolute Gasteiger partial charge is 0.454 e. The van der Waals surface area contributed by atoms with Crippen LogP contribution in [-0.4, -0.2) is 5.11 Å². The topological polar surface area (TPSA) is 29.5 Å². The second-order valence-electron chi connectivity index (χ2n) is 4.16. The highest BCUT2D eigenvalue weighted by atomic mass is 79.9. The molecule has 0 heterocycles. The fraction of sp³-hybridized carbons (Fsp3) is 0.143. The van der Waals surface area contributed by atoms with Gasteiger partial charge in [-0.25, -0.2) is 4.39 Å². The molecule has 2 aromatic carbocycles. The van der Waals surface area contributed by atoms with Crippen LogP contribution in [0.5, 0.6) is 11.5 Å². The Morgan fingerprint density at radius 3 is 2.55 bits per heavy atom. The van der Waals surface area contributed by atoms with E-state index in [2.05, 4.69) is 15.9 Å². The van der Waals surface area contributed by atoms with Crippen LogP contribution in [0.25, 0.3) is 0 Å². The van der Waals surface area contributed by atoms with E-state index in [0.717, 1.165) is 6.07 Å². The summed E-state index contributed by atoms with van der Waals surface area (Å²) in [6.45, 7) is 1.57. The van der Waals surface area contributed by atoms with Crippen molar-refractivity contribution < 1.29 is 18.6 Å². The molecule has 0 saturated heterocycles. The molecule has 2 rings (SSSR count). The third-order valence-electron chi connectivity index (χ3n) is 2.61. The van der Waals surface area contributed by atoms with Gasteiger partial charge >= 0.3 is 0 Å². The SMILES string of the molecule is CC(O)c1ccc(Oc2cc(Br)cc(F)c2F)cc1Cl. The molecule has 0 bridgehead atoms. The van der Waals surface area contributed by atoms with Crippen LogP contribution < -0.4 is 4.74 Å². The van der Waals surface area contributed by atoms with Gasteiger partial charge in [0, 0.05) is 4.47 Å². The Kier molecular flexibility index (Phi) is 4.62. The van der Waals surface area contributed by atoms with Crippen molar-refractivity contribution in [2.45, 2.75) is 13.0 Å². The number of hydrogen-bond acceptors (Lipinski definition) is 2. The number of aliphatic hydroxyl groups excluding tert-OH is 1. The zero-order valence-electron chi connectivity index (χ0n) is 10.3. The monoisotopic (exact) mass is 362 g/mol. The van der Waals surface area contributed by atoms with Crippen LogP contribution in [-0.2, 0) is 0 Å². The van der Waals surface area contributed by atoms with Crippen molar-refractivity contribution in [3.63, 3.8) is 0 Å². The van der Waals surface area contributed by atoms with Crippen molar-refractivity contribution in [3.05, 3.63) is 57.0 Å². The van der Waals surface area contributed by atoms with E-state index in [9.17, 15) is 13.9 Å². The molecule has 1 unspecified atom stereocenters. The van der Waals surface area contributed by atoms with E-state index in [4.69, 9.17) is 16.3 Å². The zero-order chi connectivity index (χ0) is 14.9. The molecule has 2 nitrogen and oxygen atoms in total. The summed E-state index contributed by atoms with van der Waals surface area (Å²) in [4.78, 5) is 0. The molecule has 0 radical (unpaired) electrons. The average molecular weight is 364 g/mol. The maximum atomic E-state index is 13.6. The summed E-state index contributed by atoms with van der Waals surface area (Å²) in [5, 5.41) is 9.75. The van der Waals surface area contributed by atoms with E-state index < -0.39 is 17.7 Å². The normalized spacial score (nSPS) is 12.3. The summed E-state index contributed by atoms with van der Waals surface area (Å²) < 4.78 is 32.5. The molecule has 0 aromatic heterocycles. The van der Waals surface area contributed by atoms with Crippen LogP contribution in [0.2, 0.25) is 5.02 Å². The Morgan fingerprint density at radius 2 is 1.95 bits per heavy atom. The lowest BCUT2D eigenvalue weighted by Crippen LogP contribution is -1.95. The van der Waals surface area contributed by atoms with Gasteiger partial charge in [-0.05, 0) is 36.8 Å². The van der Waals surface area contributed by atoms with E-state index in [1.807, 2.05) is 0 Å². The summed E-state index contributed by atoms with van der Waals surface area (Å²) in [5.41, 5.74) is 0.528. The Balaban J connectivity index is 2.33. The van der Waals surface area contributed by atoms with Crippen molar-refractivity contribution in [2.24, 2.45) is 0 Å². The second kappa shape index (κ2) is 6.08. The van der Waals surface area contributed by atoms with E-state index in [1.54, 1.807) is 13.0 Å². The van der Waals surface area contributed by atoms with Crippen LogP contribution in [0.15, 0.2) is 34.8 Å². The number of aliphatic hydroxyl groups is 1. The molecule has 20 heavy (non-hydrogen) atoms. The fourth-order valence-corrected chi connectivity index (χ4v) is 2.38. The minimum absolute atomic E-state index is 0.246. The Hall–Kier alpha value is -1.17. The van der Waals surface area contributed by atoms with Gasteiger partial charge < -0.3 is 9.84 Å². The molecule has 0 fully saturated rings. The van der Waals surface area contributed by atoms with Crippen LogP contribution in [0.1, 0.15) is 18.6 Å². The van der Waals surface area contributed by atoms with E-state index >= 15 is 0 Å². The Labute approximate surface area is 128 Å². The molecule has 0 saturated carbocycles. The molecular weight excluding hydrogens is 354 g/mol. The van der Waals surface area contributed by atoms with Gasteiger partial charge in [-0.15, -0.1) is 0 Å². The molecule has 0 aliphatic heterocycles. The number of halogens is 4. The first-order valence-corrected chi connectivity index (χ1v) is 6.85. The first-order valence-electron chi connectivity index (χ1n) is 5.68. The fourth-order valence-electron chi connectivity index (χ4n) is 1.64. The van der Waals surface area contributed by atoms with Crippen LogP contribution >= 0.6 is 27.5 Å². The standard InChI is InChI=1S/C14H10BrClF2O2/c1-7(19)10-3-2-9(6-11(10)16)20-13-5-8(15)4-12(17)14(13)18/h2-7,19H,1H3. The minimum atomic E-state index is -1.08. The van der Waals surface area contributed by atoms with Crippen molar-refractivity contribution in [2.75, 3.05) is 0 Å². The molecule has 1 atom stereocenters. The molecule has 1 N–H and O–H groups in total. The second-order valence-corrected chi connectivity index (χ2v) is 5.48. The van der Waals surface area contributed by atoms with Crippen molar-refractivity contribution in [3.8, 4) is 11.5 Å². The van der Waals surface area contributed by atoms with Gasteiger partial charge in [0.1, 0.15) is 5.75 Å². The lowest BCUT2D eigenvalue weighted by molar-refractivity contribution is 0.199. The van der Waals surface area contributed by atoms with Crippen LogP contribution in [0.3, 0.4) is 0 Å². The molecule has 0 spiro atoms. The number of benzene rings is 2. The number of rotatable bonds is 3. The third kappa shape index (κ3) is 3.29. The first kappa shape index (κ1) is 15.2. The average Bonchev–Trinajstić information content (AvgIpc) is 2.35. The predicted molar refractivity (Wildman–Crippen MR) is 76.2 cm³/mol. The summed E-state index contributed by atoms with van der Waals surface area (Å²) in [6.07, 6.45) is -0.725. The molecular formula is C14H10BrClF2O2. The van der Waals surface area contributed by atoms with Gasteiger partial charge in [-0.3, -0.25) is 0 Å². The van der Waals surface area contributed by atoms with Crippen LogP contribution in [0, 0.1) is 11.6 Å². The van der Waals surface area contributed by atoms with Crippen molar-refractivity contribution in [1.29, 1.82) is 0 Å². The molecule has 0 amide bonds. The van der Waals surface area contributed by atoms with Gasteiger partial charge in [0.2, 0.25) is 5.82 Å². The lowest BCUT2D eigenvalue weighted by atomic mass is 10.1. The smallest absolute Gasteiger partial charge is 0.201 e. The molecule has 2 aromatic rings. The van der Waals surface area contributed by atoms with E-state index in [0.29, 0.717) is 10.0 Å². The Bertz CT molecular complexity index is 647. The van der Waals surface area contributed by atoms with E-state index in [-0.39, 0.29) is 16.5 Å². The molecule has 6 heteroatoms. The maximum Gasteiger partial charge on any atom is 0.201 e. The maximum absolute atomic E-state index is 13.6. The van der Waals surface area contributed by atoms with Gasteiger partial charge in [0.05, 0.1) is 11.1 Å². The highest BCUT2D eigenvalue weighted by Gasteiger charge is 2.13. The van der Waals surface area contributed by atoms with Gasteiger partial charge in [0.15, 0.2) is 11.6 Å². The number of hydrogen-bond donors (Lipinski definition) is 1. The van der Waals surface area contributed by atoms with Crippen LogP contribution in [0.4, 0.5) is 8.78 Å². The Morgan fingerprint density at radius 1 is 1.25 bits per heavy atom. The predicted octanol–water partition coefficient (Wildman–Crippen LogP) is 5.23. The third-order valence-corrected chi connectivity index (χ3v) is 3.39. The molecule has 0 aliphatic carbocycles. The first-order chi connectivity index (χ1) is 9.38. The van der Waals surface area contributed by atoms with Gasteiger partial charge in [0.25, 0.3) is 0 Å². The number of ether oxygens (including phenoxy) is 1. The lowest BCUT2D eigenvalue weighted by Gasteiger charge is -2.11. The van der Waals surface area contributed by atoms with Crippen molar-refractivity contribution >= 4 is 27.5 Å². The summed E-state index contributed by atoms with van der Waals surface area (Å²) in [5.74, 6) is -2.10.